The van der Waals surface area contributed by atoms with Crippen molar-refractivity contribution in [1.29, 1.82) is 0 Å². The maximum atomic E-state index is 12.9. The predicted octanol–water partition coefficient (Wildman–Crippen LogP) is 4.24. The van der Waals surface area contributed by atoms with Crippen molar-refractivity contribution < 1.29 is 18.3 Å². The molecular formula is C15H12Cl3NO4S. The summed E-state index contributed by atoms with van der Waals surface area (Å²) >= 11 is 17.8. The van der Waals surface area contributed by atoms with E-state index in [1.54, 1.807) is 6.92 Å². The highest BCUT2D eigenvalue weighted by Crippen LogP contribution is 2.32. The fourth-order valence-electron chi connectivity index (χ4n) is 2.02. The molecule has 1 N–H and O–H groups in total. The minimum atomic E-state index is -4.24. The maximum absolute atomic E-state index is 12.9. The predicted molar refractivity (Wildman–Crippen MR) is 94.8 cm³/mol. The molecule has 128 valence electrons. The van der Waals surface area contributed by atoms with Crippen LogP contribution in [-0.2, 0) is 14.8 Å². The smallest absolute Gasteiger partial charge is 0.324 e. The van der Waals surface area contributed by atoms with Crippen molar-refractivity contribution in [2.24, 2.45) is 0 Å². The Morgan fingerprint density at radius 3 is 2.29 bits per heavy atom. The first kappa shape index (κ1) is 18.9. The largest absolute Gasteiger partial charge is 0.480 e. The number of nitrogens with zero attached hydrogens (tertiary/aromatic N) is 1. The monoisotopic (exact) mass is 407 g/mol. The summed E-state index contributed by atoms with van der Waals surface area (Å²) in [6, 6.07) is 8.36. The number of halogens is 3. The highest BCUT2D eigenvalue weighted by atomic mass is 35.5. The van der Waals surface area contributed by atoms with Crippen molar-refractivity contribution in [3.05, 3.63) is 57.0 Å². The van der Waals surface area contributed by atoms with Gasteiger partial charge in [-0.05, 0) is 48.9 Å². The lowest BCUT2D eigenvalue weighted by Crippen LogP contribution is -2.36. The van der Waals surface area contributed by atoms with Crippen LogP contribution in [0.1, 0.15) is 5.56 Å². The Labute approximate surface area is 154 Å². The van der Waals surface area contributed by atoms with Gasteiger partial charge in [0.05, 0.1) is 10.7 Å². The second-order valence-corrected chi connectivity index (χ2v) is 8.00. The van der Waals surface area contributed by atoms with E-state index < -0.39 is 22.5 Å². The highest BCUT2D eigenvalue weighted by Gasteiger charge is 2.29. The summed E-state index contributed by atoms with van der Waals surface area (Å²) in [5, 5.41) is 9.66. The molecule has 0 unspecified atom stereocenters. The molecule has 0 spiro atoms. The Bertz CT molecular complexity index is 900. The molecular weight excluding hydrogens is 397 g/mol. The molecule has 2 rings (SSSR count). The van der Waals surface area contributed by atoms with Gasteiger partial charge in [0.25, 0.3) is 10.0 Å². The summed E-state index contributed by atoms with van der Waals surface area (Å²) < 4.78 is 26.6. The van der Waals surface area contributed by atoms with Crippen molar-refractivity contribution in [1.82, 2.24) is 0 Å². The lowest BCUT2D eigenvalue weighted by molar-refractivity contribution is -0.135. The molecule has 5 nitrogen and oxygen atoms in total. The first-order valence-electron chi connectivity index (χ1n) is 6.58. The van der Waals surface area contributed by atoms with Crippen molar-refractivity contribution in [3.63, 3.8) is 0 Å². The van der Waals surface area contributed by atoms with Gasteiger partial charge < -0.3 is 5.11 Å². The van der Waals surface area contributed by atoms with Gasteiger partial charge in [0, 0.05) is 10.0 Å². The second-order valence-electron chi connectivity index (χ2n) is 4.91. The normalized spacial score (nSPS) is 11.3. The molecule has 0 aliphatic heterocycles. The van der Waals surface area contributed by atoms with Crippen molar-refractivity contribution in [3.8, 4) is 0 Å². The number of hydrogen-bond donors (Lipinski definition) is 1. The standard InChI is InChI=1S/C15H12Cl3NO4S/c1-9-6-11(3-5-12(9)17)19(8-15(20)21)24(22,23)14-7-10(16)2-4-13(14)18/h2-7H,8H2,1H3,(H,20,21). The van der Waals surface area contributed by atoms with Gasteiger partial charge in [-0.1, -0.05) is 34.8 Å². The first-order valence-corrected chi connectivity index (χ1v) is 9.16. The van der Waals surface area contributed by atoms with Gasteiger partial charge in [-0.3, -0.25) is 9.10 Å². The molecule has 2 aromatic rings. The van der Waals surface area contributed by atoms with Crippen LogP contribution >= 0.6 is 34.8 Å². The quantitative estimate of drug-likeness (QED) is 0.803. The zero-order valence-corrected chi connectivity index (χ0v) is 15.4. The van der Waals surface area contributed by atoms with Crippen LogP contribution in [0.2, 0.25) is 15.1 Å². The molecule has 9 heteroatoms. The molecule has 0 saturated carbocycles. The van der Waals surface area contributed by atoms with Gasteiger partial charge in [-0.2, -0.15) is 0 Å². The molecule has 0 aromatic heterocycles. The summed E-state index contributed by atoms with van der Waals surface area (Å²) in [4.78, 5) is 10.9. The summed E-state index contributed by atoms with van der Waals surface area (Å²) in [6.07, 6.45) is 0. The van der Waals surface area contributed by atoms with Crippen molar-refractivity contribution >= 4 is 56.5 Å². The van der Waals surface area contributed by atoms with Crippen LogP contribution in [0.3, 0.4) is 0 Å². The molecule has 0 aliphatic rings. The second kappa shape index (κ2) is 7.19. The fourth-order valence-corrected chi connectivity index (χ4v) is 4.28. The Hall–Kier alpha value is -1.47. The number of carboxylic acid groups (broad SMARTS) is 1. The topological polar surface area (TPSA) is 74.7 Å². The number of rotatable bonds is 5. The minimum Gasteiger partial charge on any atom is -0.480 e. The molecule has 2 aromatic carbocycles. The third kappa shape index (κ3) is 3.95. The number of sulfonamides is 1. The van der Waals surface area contributed by atoms with Crippen LogP contribution < -0.4 is 4.31 Å². The van der Waals surface area contributed by atoms with Crippen molar-refractivity contribution in [2.45, 2.75) is 11.8 Å². The molecule has 0 saturated heterocycles. The van der Waals surface area contributed by atoms with Gasteiger partial charge in [0.2, 0.25) is 0 Å². The first-order chi connectivity index (χ1) is 11.1. The summed E-state index contributed by atoms with van der Waals surface area (Å²) in [5.74, 6) is -1.32. The Morgan fingerprint density at radius 2 is 1.71 bits per heavy atom. The molecule has 0 bridgehead atoms. The van der Waals surface area contributed by atoms with Crippen LogP contribution in [0.5, 0.6) is 0 Å². The summed E-state index contributed by atoms with van der Waals surface area (Å²) in [7, 11) is -4.24. The Balaban J connectivity index is 2.64. The molecule has 0 heterocycles. The van der Waals surface area contributed by atoms with Crippen LogP contribution in [0.25, 0.3) is 0 Å². The third-order valence-electron chi connectivity index (χ3n) is 3.17. The fraction of sp³-hybridized carbons (Fsp3) is 0.133. The van der Waals surface area contributed by atoms with E-state index in [2.05, 4.69) is 0 Å². The number of carbonyl (C=O) groups is 1. The molecule has 24 heavy (non-hydrogen) atoms. The number of aryl methyl sites for hydroxylation is 1. The van der Waals surface area contributed by atoms with Gasteiger partial charge in [0.1, 0.15) is 11.4 Å². The molecule has 0 aliphatic carbocycles. The number of anilines is 1. The third-order valence-corrected chi connectivity index (χ3v) is 6.08. The van der Waals surface area contributed by atoms with Crippen LogP contribution in [0.15, 0.2) is 41.3 Å². The number of carboxylic acids is 1. The van der Waals surface area contributed by atoms with E-state index in [1.807, 2.05) is 0 Å². The van der Waals surface area contributed by atoms with Crippen LogP contribution in [0.4, 0.5) is 5.69 Å². The van der Waals surface area contributed by atoms with E-state index in [4.69, 9.17) is 39.9 Å². The molecule has 0 atom stereocenters. The van der Waals surface area contributed by atoms with E-state index in [9.17, 15) is 13.2 Å². The maximum Gasteiger partial charge on any atom is 0.324 e. The van der Waals surface area contributed by atoms with Crippen LogP contribution in [0, 0.1) is 6.92 Å². The van der Waals surface area contributed by atoms with E-state index in [-0.39, 0.29) is 20.6 Å². The Morgan fingerprint density at radius 1 is 1.08 bits per heavy atom. The lowest BCUT2D eigenvalue weighted by atomic mass is 10.2. The van der Waals surface area contributed by atoms with Crippen molar-refractivity contribution in [2.75, 3.05) is 10.8 Å². The Kier molecular flexibility index (Phi) is 5.65. The van der Waals surface area contributed by atoms with E-state index >= 15 is 0 Å². The van der Waals surface area contributed by atoms with Gasteiger partial charge in [0.15, 0.2) is 0 Å². The van der Waals surface area contributed by atoms with Gasteiger partial charge >= 0.3 is 5.97 Å². The lowest BCUT2D eigenvalue weighted by Gasteiger charge is -2.24. The number of aliphatic carboxylic acids is 1. The van der Waals surface area contributed by atoms with Crippen LogP contribution in [-0.4, -0.2) is 26.0 Å². The van der Waals surface area contributed by atoms with E-state index in [1.165, 1.54) is 36.4 Å². The zero-order chi connectivity index (χ0) is 18.1. The number of benzene rings is 2. The van der Waals surface area contributed by atoms with Gasteiger partial charge in [-0.25, -0.2) is 8.42 Å². The average molecular weight is 409 g/mol. The van der Waals surface area contributed by atoms with E-state index in [0.29, 0.717) is 10.6 Å². The molecule has 0 radical (unpaired) electrons. The van der Waals surface area contributed by atoms with Gasteiger partial charge in [-0.15, -0.1) is 0 Å². The highest BCUT2D eigenvalue weighted by molar-refractivity contribution is 7.93. The number of hydrogen-bond acceptors (Lipinski definition) is 3. The zero-order valence-electron chi connectivity index (χ0n) is 12.3. The molecule has 0 amide bonds. The summed E-state index contributed by atoms with van der Waals surface area (Å²) in [6.45, 7) is 0.913. The minimum absolute atomic E-state index is 0.0551. The molecule has 0 fully saturated rings. The average Bonchev–Trinajstić information content (AvgIpc) is 2.50. The van der Waals surface area contributed by atoms with E-state index in [0.717, 1.165) is 4.31 Å². The SMILES string of the molecule is Cc1cc(N(CC(=O)O)S(=O)(=O)c2cc(Cl)ccc2Cl)ccc1Cl. The summed E-state index contributed by atoms with van der Waals surface area (Å²) in [5.41, 5.74) is 0.771.